The Bertz CT molecular complexity index is 670. The molecule has 0 radical (unpaired) electrons. The Morgan fingerprint density at radius 3 is 2.46 bits per heavy atom. The summed E-state index contributed by atoms with van der Waals surface area (Å²) in [5, 5.41) is 3.09. The standard InChI is InChI=1S/C19H22N2O2.ClH/c20-17-8-4-5-15(13-17)18(22)21-14-19(9-11-23-12-10-19)16-6-2-1-3-7-16;/h1-8,13H,9-12,14,20H2,(H,21,22);1H. The lowest BCUT2D eigenvalue weighted by Crippen LogP contribution is -2.44. The van der Waals surface area contributed by atoms with Crippen molar-refractivity contribution < 1.29 is 9.53 Å². The minimum absolute atomic E-state index is 0. The number of benzene rings is 2. The molecule has 24 heavy (non-hydrogen) atoms. The molecular formula is C19H23ClN2O2. The maximum absolute atomic E-state index is 12.4. The second kappa shape index (κ2) is 8.18. The van der Waals surface area contributed by atoms with Crippen LogP contribution in [0.5, 0.6) is 0 Å². The quantitative estimate of drug-likeness (QED) is 0.836. The van der Waals surface area contributed by atoms with E-state index in [2.05, 4.69) is 17.4 Å². The molecule has 1 aliphatic heterocycles. The fourth-order valence-electron chi connectivity index (χ4n) is 3.15. The van der Waals surface area contributed by atoms with Crippen molar-refractivity contribution in [3.63, 3.8) is 0 Å². The number of nitrogens with two attached hydrogens (primary N) is 1. The molecule has 1 saturated heterocycles. The molecule has 1 amide bonds. The van der Waals surface area contributed by atoms with E-state index in [9.17, 15) is 4.79 Å². The van der Waals surface area contributed by atoms with Gasteiger partial charge in [-0.25, -0.2) is 0 Å². The van der Waals surface area contributed by atoms with Crippen molar-refractivity contribution in [2.45, 2.75) is 18.3 Å². The minimum Gasteiger partial charge on any atom is -0.399 e. The van der Waals surface area contributed by atoms with Crippen LogP contribution in [0.2, 0.25) is 0 Å². The Morgan fingerprint density at radius 1 is 1.08 bits per heavy atom. The molecule has 0 spiro atoms. The van der Waals surface area contributed by atoms with Crippen LogP contribution in [0, 0.1) is 0 Å². The number of rotatable bonds is 4. The van der Waals surface area contributed by atoms with Gasteiger partial charge in [0.1, 0.15) is 0 Å². The number of ether oxygens (including phenoxy) is 1. The third-order valence-electron chi connectivity index (χ3n) is 4.57. The number of amides is 1. The smallest absolute Gasteiger partial charge is 0.251 e. The molecule has 1 heterocycles. The van der Waals surface area contributed by atoms with Crippen molar-refractivity contribution >= 4 is 24.0 Å². The van der Waals surface area contributed by atoms with E-state index >= 15 is 0 Å². The van der Waals surface area contributed by atoms with Gasteiger partial charge in [0.2, 0.25) is 0 Å². The van der Waals surface area contributed by atoms with Gasteiger partial charge in [0.25, 0.3) is 5.91 Å². The Hall–Kier alpha value is -2.04. The molecule has 0 aromatic heterocycles. The minimum atomic E-state index is -0.0842. The van der Waals surface area contributed by atoms with Crippen molar-refractivity contribution in [3.05, 3.63) is 65.7 Å². The fraction of sp³-hybridized carbons (Fsp3) is 0.316. The van der Waals surface area contributed by atoms with Crippen LogP contribution in [-0.4, -0.2) is 25.7 Å². The first kappa shape index (κ1) is 18.3. The third kappa shape index (κ3) is 4.08. The lowest BCUT2D eigenvalue weighted by molar-refractivity contribution is 0.0487. The summed E-state index contributed by atoms with van der Waals surface area (Å²) in [7, 11) is 0. The maximum atomic E-state index is 12.4. The average molecular weight is 347 g/mol. The molecule has 0 atom stereocenters. The van der Waals surface area contributed by atoms with Gasteiger partial charge in [0.15, 0.2) is 0 Å². The average Bonchev–Trinajstić information content (AvgIpc) is 2.61. The normalized spacial score (nSPS) is 16.0. The highest BCUT2D eigenvalue weighted by molar-refractivity contribution is 5.95. The zero-order valence-corrected chi connectivity index (χ0v) is 14.4. The van der Waals surface area contributed by atoms with E-state index in [-0.39, 0.29) is 23.7 Å². The largest absolute Gasteiger partial charge is 0.399 e. The molecule has 0 saturated carbocycles. The molecule has 5 heteroatoms. The third-order valence-corrected chi connectivity index (χ3v) is 4.57. The van der Waals surface area contributed by atoms with Gasteiger partial charge >= 0.3 is 0 Å². The monoisotopic (exact) mass is 346 g/mol. The molecule has 2 aromatic rings. The molecular weight excluding hydrogens is 324 g/mol. The van der Waals surface area contributed by atoms with Gasteiger partial charge in [-0.1, -0.05) is 36.4 Å². The van der Waals surface area contributed by atoms with Crippen molar-refractivity contribution in [1.82, 2.24) is 5.32 Å². The van der Waals surface area contributed by atoms with Crippen LogP contribution in [0.15, 0.2) is 54.6 Å². The second-order valence-corrected chi connectivity index (χ2v) is 6.07. The van der Waals surface area contributed by atoms with Crippen LogP contribution in [0.3, 0.4) is 0 Å². The highest BCUT2D eigenvalue weighted by Gasteiger charge is 2.34. The molecule has 1 fully saturated rings. The molecule has 0 aliphatic carbocycles. The number of hydrogen-bond acceptors (Lipinski definition) is 3. The number of halogens is 1. The fourth-order valence-corrected chi connectivity index (χ4v) is 3.15. The van der Waals surface area contributed by atoms with E-state index in [0.29, 0.717) is 17.8 Å². The number of nitrogen functional groups attached to an aromatic ring is 1. The second-order valence-electron chi connectivity index (χ2n) is 6.07. The summed E-state index contributed by atoms with van der Waals surface area (Å²) in [6.45, 7) is 2.06. The highest BCUT2D eigenvalue weighted by Crippen LogP contribution is 2.34. The van der Waals surface area contributed by atoms with Crippen LogP contribution in [0.4, 0.5) is 5.69 Å². The summed E-state index contributed by atoms with van der Waals surface area (Å²) in [5.41, 5.74) is 8.15. The van der Waals surface area contributed by atoms with Crippen molar-refractivity contribution in [2.24, 2.45) is 0 Å². The Morgan fingerprint density at radius 2 is 1.79 bits per heavy atom. The summed E-state index contributed by atoms with van der Waals surface area (Å²) >= 11 is 0. The number of hydrogen-bond donors (Lipinski definition) is 2. The zero-order chi connectivity index (χ0) is 16.1. The summed E-state index contributed by atoms with van der Waals surface area (Å²) in [6, 6.07) is 17.4. The lowest BCUT2D eigenvalue weighted by Gasteiger charge is -2.38. The van der Waals surface area contributed by atoms with E-state index in [4.69, 9.17) is 10.5 Å². The van der Waals surface area contributed by atoms with Gasteiger partial charge < -0.3 is 15.8 Å². The van der Waals surface area contributed by atoms with E-state index in [1.165, 1.54) is 5.56 Å². The van der Waals surface area contributed by atoms with Crippen LogP contribution in [0.25, 0.3) is 0 Å². The van der Waals surface area contributed by atoms with Gasteiger partial charge in [-0.3, -0.25) is 4.79 Å². The van der Waals surface area contributed by atoms with Crippen LogP contribution in [-0.2, 0) is 10.2 Å². The number of nitrogens with one attached hydrogen (secondary N) is 1. The summed E-state index contributed by atoms with van der Waals surface area (Å²) in [4.78, 5) is 12.4. The predicted octanol–water partition coefficient (Wildman–Crippen LogP) is 3.17. The number of anilines is 1. The Balaban J connectivity index is 0.00000208. The van der Waals surface area contributed by atoms with Gasteiger partial charge in [-0.2, -0.15) is 0 Å². The van der Waals surface area contributed by atoms with Crippen LogP contribution in [0.1, 0.15) is 28.8 Å². The van der Waals surface area contributed by atoms with E-state index in [1.807, 2.05) is 18.2 Å². The molecule has 0 bridgehead atoms. The summed E-state index contributed by atoms with van der Waals surface area (Å²) in [6.07, 6.45) is 1.82. The first-order valence-electron chi connectivity index (χ1n) is 7.97. The molecule has 128 valence electrons. The van der Waals surface area contributed by atoms with Gasteiger partial charge in [-0.05, 0) is 36.6 Å². The van der Waals surface area contributed by atoms with Gasteiger partial charge in [0, 0.05) is 36.4 Å². The molecule has 1 aliphatic rings. The van der Waals surface area contributed by atoms with Crippen molar-refractivity contribution in [3.8, 4) is 0 Å². The summed E-state index contributed by atoms with van der Waals surface area (Å²) in [5.74, 6) is -0.0842. The zero-order valence-electron chi connectivity index (χ0n) is 13.5. The lowest BCUT2D eigenvalue weighted by atomic mass is 9.74. The Labute approximate surface area is 148 Å². The van der Waals surface area contributed by atoms with Crippen molar-refractivity contribution in [2.75, 3.05) is 25.5 Å². The summed E-state index contributed by atoms with van der Waals surface area (Å²) < 4.78 is 5.52. The molecule has 0 unspecified atom stereocenters. The molecule has 2 aromatic carbocycles. The van der Waals surface area contributed by atoms with Gasteiger partial charge in [-0.15, -0.1) is 12.4 Å². The molecule has 4 nitrogen and oxygen atoms in total. The Kier molecular flexibility index (Phi) is 6.23. The van der Waals surface area contributed by atoms with E-state index < -0.39 is 0 Å². The number of carbonyl (C=O) groups is 1. The highest BCUT2D eigenvalue weighted by atomic mass is 35.5. The topological polar surface area (TPSA) is 64.4 Å². The van der Waals surface area contributed by atoms with Crippen LogP contribution < -0.4 is 11.1 Å². The maximum Gasteiger partial charge on any atom is 0.251 e. The van der Waals surface area contributed by atoms with E-state index in [1.54, 1.807) is 24.3 Å². The van der Waals surface area contributed by atoms with Gasteiger partial charge in [0.05, 0.1) is 0 Å². The van der Waals surface area contributed by atoms with Crippen LogP contribution >= 0.6 is 12.4 Å². The first-order chi connectivity index (χ1) is 11.2. The SMILES string of the molecule is Cl.Nc1cccc(C(=O)NCC2(c3ccccc3)CCOCC2)c1. The molecule has 3 rings (SSSR count). The number of carbonyl (C=O) groups excluding carboxylic acids is 1. The first-order valence-corrected chi connectivity index (χ1v) is 7.97. The molecule has 3 N–H and O–H groups in total. The predicted molar refractivity (Wildman–Crippen MR) is 98.6 cm³/mol. The van der Waals surface area contributed by atoms with E-state index in [0.717, 1.165) is 26.1 Å². The van der Waals surface area contributed by atoms with Crippen molar-refractivity contribution in [1.29, 1.82) is 0 Å².